The van der Waals surface area contributed by atoms with Crippen LogP contribution in [0.15, 0.2) is 45.9 Å². The van der Waals surface area contributed by atoms with E-state index < -0.39 is 27.7 Å². The Kier molecular flexibility index (Phi) is 5.70. The van der Waals surface area contributed by atoms with Gasteiger partial charge in [-0.1, -0.05) is 57.0 Å². The molecule has 1 fully saturated rings. The van der Waals surface area contributed by atoms with Crippen molar-refractivity contribution < 1.29 is 12.8 Å². The molecule has 2 aromatic rings. The second-order valence-electron chi connectivity index (χ2n) is 6.61. The van der Waals surface area contributed by atoms with Crippen LogP contribution in [0.25, 0.3) is 0 Å². The number of hydrogen-bond acceptors (Lipinski definition) is 5. The monoisotopic (exact) mass is 522 g/mol. The number of fused-ring (bicyclic) bond motifs is 1. The molecule has 0 amide bonds. The molecule has 0 N–H and O–H groups in total. The van der Waals surface area contributed by atoms with E-state index in [0.29, 0.717) is 31.1 Å². The maximum Gasteiger partial charge on any atom is 0.164 e. The molecular formula is C18H14BrCl2FN2O2S2. The van der Waals surface area contributed by atoms with Crippen LogP contribution in [0.2, 0.25) is 10.0 Å². The van der Waals surface area contributed by atoms with Crippen LogP contribution >= 0.6 is 50.9 Å². The Morgan fingerprint density at radius 2 is 2.00 bits per heavy atom. The van der Waals surface area contributed by atoms with Gasteiger partial charge in [-0.2, -0.15) is 0 Å². The molecule has 2 aromatic carbocycles. The molecule has 0 radical (unpaired) electrons. The normalized spacial score (nSPS) is 23.0. The van der Waals surface area contributed by atoms with E-state index >= 15 is 0 Å². The molecule has 10 heteroatoms. The third-order valence-electron chi connectivity index (χ3n) is 4.65. The van der Waals surface area contributed by atoms with Crippen molar-refractivity contribution in [1.29, 1.82) is 0 Å². The average Bonchev–Trinajstić information content (AvgIpc) is 3.06. The van der Waals surface area contributed by atoms with E-state index in [1.165, 1.54) is 17.8 Å². The topological polar surface area (TPSA) is 49.7 Å². The molecule has 4 nitrogen and oxygen atoms in total. The van der Waals surface area contributed by atoms with Gasteiger partial charge in [-0.25, -0.2) is 12.8 Å². The number of amidine groups is 1. The largest absolute Gasteiger partial charge is 0.312 e. The zero-order valence-corrected chi connectivity index (χ0v) is 19.0. The second-order valence-corrected chi connectivity index (χ2v) is 11.5. The fourth-order valence-electron chi connectivity index (χ4n) is 3.37. The van der Waals surface area contributed by atoms with Crippen LogP contribution < -0.4 is 4.90 Å². The lowest BCUT2D eigenvalue weighted by Crippen LogP contribution is -2.39. The Bertz CT molecular complexity index is 1080. The van der Waals surface area contributed by atoms with Crippen molar-refractivity contribution in [3.8, 4) is 0 Å². The number of halogens is 4. The van der Waals surface area contributed by atoms with Crippen molar-refractivity contribution in [3.05, 3.63) is 62.3 Å². The van der Waals surface area contributed by atoms with Gasteiger partial charge in [0.25, 0.3) is 0 Å². The quantitative estimate of drug-likeness (QED) is 0.556. The maximum atomic E-state index is 14.7. The molecule has 2 aliphatic heterocycles. The number of thioether (sulfide) groups is 1. The minimum Gasteiger partial charge on any atom is -0.312 e. The number of sulfone groups is 1. The van der Waals surface area contributed by atoms with Crippen LogP contribution in [-0.2, 0) is 15.6 Å². The molecule has 148 valence electrons. The Morgan fingerprint density at radius 3 is 2.71 bits per heavy atom. The summed E-state index contributed by atoms with van der Waals surface area (Å²) in [6.07, 6.45) is 0. The van der Waals surface area contributed by atoms with Gasteiger partial charge in [-0.3, -0.25) is 4.99 Å². The molecule has 2 aliphatic rings. The number of aliphatic imine (C=N–C) groups is 1. The summed E-state index contributed by atoms with van der Waals surface area (Å²) >= 11 is 16.9. The first-order chi connectivity index (χ1) is 13.2. The van der Waals surface area contributed by atoms with Gasteiger partial charge in [-0.05, 0) is 35.9 Å². The van der Waals surface area contributed by atoms with Crippen molar-refractivity contribution in [3.63, 3.8) is 0 Å². The van der Waals surface area contributed by atoms with Gasteiger partial charge in [0.15, 0.2) is 15.0 Å². The Hall–Kier alpha value is -0.800. The van der Waals surface area contributed by atoms with Gasteiger partial charge in [0.2, 0.25) is 0 Å². The van der Waals surface area contributed by atoms with Crippen molar-refractivity contribution in [2.75, 3.05) is 16.4 Å². The summed E-state index contributed by atoms with van der Waals surface area (Å²) in [6.45, 7) is 0. The highest BCUT2D eigenvalue weighted by Crippen LogP contribution is 2.38. The molecule has 0 unspecified atom stereocenters. The van der Waals surface area contributed by atoms with Crippen LogP contribution in [0.1, 0.15) is 5.56 Å². The van der Waals surface area contributed by atoms with E-state index in [-0.39, 0.29) is 11.5 Å². The number of benzene rings is 2. The van der Waals surface area contributed by atoms with Gasteiger partial charge in [0, 0.05) is 20.3 Å². The first-order valence-corrected chi connectivity index (χ1v) is 12.7. The number of hydrogen-bond donors (Lipinski definition) is 0. The highest BCUT2D eigenvalue weighted by atomic mass is 79.9. The van der Waals surface area contributed by atoms with Gasteiger partial charge in [0.05, 0.1) is 29.3 Å². The molecule has 0 saturated carbocycles. The van der Waals surface area contributed by atoms with E-state index in [9.17, 15) is 12.8 Å². The molecule has 0 spiro atoms. The van der Waals surface area contributed by atoms with Crippen LogP contribution in [-0.4, -0.2) is 37.2 Å². The minimum atomic E-state index is -3.19. The van der Waals surface area contributed by atoms with E-state index in [4.69, 9.17) is 23.2 Å². The highest BCUT2D eigenvalue weighted by Gasteiger charge is 2.47. The predicted octanol–water partition coefficient (Wildman–Crippen LogP) is 5.17. The molecule has 2 heterocycles. The van der Waals surface area contributed by atoms with Crippen LogP contribution in [0.4, 0.5) is 10.1 Å². The predicted molar refractivity (Wildman–Crippen MR) is 118 cm³/mol. The number of anilines is 1. The molecular weight excluding hydrogens is 510 g/mol. The first kappa shape index (κ1) is 20.5. The summed E-state index contributed by atoms with van der Waals surface area (Å²) in [4.78, 5) is 6.32. The van der Waals surface area contributed by atoms with Gasteiger partial charge < -0.3 is 4.90 Å². The lowest BCUT2D eigenvalue weighted by Gasteiger charge is -2.27. The summed E-state index contributed by atoms with van der Waals surface area (Å²) in [5.41, 5.74) is 1.20. The second kappa shape index (κ2) is 7.80. The third-order valence-corrected chi connectivity index (χ3v) is 8.44. The Labute approximate surface area is 185 Å². The standard InChI is InChI=1S/C18H14BrCl2FN2O2S2/c19-11-2-4-16(14(22)5-11)24-17-9-28(25,26)8-15(17)23-18(24)27-7-10-1-3-12(20)6-13(10)21/h1-6,15,17H,7-9H2/t15-,17-/m0/s1. The lowest BCUT2D eigenvalue weighted by molar-refractivity contribution is 0.600. The number of nitrogens with zero attached hydrogens (tertiary/aromatic N) is 2. The van der Waals surface area contributed by atoms with Gasteiger partial charge in [0.1, 0.15) is 5.82 Å². The third kappa shape index (κ3) is 4.07. The first-order valence-electron chi connectivity index (χ1n) is 8.33. The SMILES string of the molecule is O=S1(=O)C[C@@H]2N=C(SCc3ccc(Cl)cc3Cl)N(c3ccc(Br)cc3F)[C@H]2C1. The maximum absolute atomic E-state index is 14.7. The molecule has 0 aliphatic carbocycles. The van der Waals surface area contributed by atoms with Crippen LogP contribution in [0.3, 0.4) is 0 Å². The summed E-state index contributed by atoms with van der Waals surface area (Å²) < 4.78 is 39.5. The summed E-state index contributed by atoms with van der Waals surface area (Å²) in [6, 6.07) is 9.20. The van der Waals surface area contributed by atoms with E-state index in [2.05, 4.69) is 20.9 Å². The average molecular weight is 524 g/mol. The summed E-state index contributed by atoms with van der Waals surface area (Å²) in [7, 11) is -3.19. The zero-order chi connectivity index (χ0) is 20.1. The molecule has 28 heavy (non-hydrogen) atoms. The fourth-order valence-corrected chi connectivity index (χ4v) is 7.22. The number of rotatable bonds is 3. The zero-order valence-electron chi connectivity index (χ0n) is 14.3. The van der Waals surface area contributed by atoms with E-state index in [0.717, 1.165) is 5.56 Å². The van der Waals surface area contributed by atoms with Gasteiger partial charge in [-0.15, -0.1) is 0 Å². The van der Waals surface area contributed by atoms with Crippen molar-refractivity contribution >= 4 is 71.6 Å². The molecule has 0 aromatic heterocycles. The summed E-state index contributed by atoms with van der Waals surface area (Å²) in [5, 5.41) is 1.69. The smallest absolute Gasteiger partial charge is 0.164 e. The minimum absolute atomic E-state index is 0.0158. The van der Waals surface area contributed by atoms with Crippen molar-refractivity contribution in [1.82, 2.24) is 0 Å². The fraction of sp³-hybridized carbons (Fsp3) is 0.278. The highest BCUT2D eigenvalue weighted by molar-refractivity contribution is 9.10. The van der Waals surface area contributed by atoms with Crippen LogP contribution in [0.5, 0.6) is 0 Å². The Balaban J connectivity index is 1.65. The summed E-state index contributed by atoms with van der Waals surface area (Å²) in [5.74, 6) is 0.0213. The Morgan fingerprint density at radius 1 is 1.21 bits per heavy atom. The molecule has 2 atom stereocenters. The molecule has 0 bridgehead atoms. The van der Waals surface area contributed by atoms with Crippen molar-refractivity contribution in [2.45, 2.75) is 17.8 Å². The van der Waals surface area contributed by atoms with Crippen LogP contribution in [0, 0.1) is 5.82 Å². The molecule has 4 rings (SSSR count). The van der Waals surface area contributed by atoms with E-state index in [1.807, 2.05) is 6.07 Å². The molecule has 1 saturated heterocycles. The van der Waals surface area contributed by atoms with Gasteiger partial charge >= 0.3 is 0 Å². The lowest BCUT2D eigenvalue weighted by atomic mass is 10.1. The van der Waals surface area contributed by atoms with E-state index in [1.54, 1.807) is 29.2 Å². The van der Waals surface area contributed by atoms with Crippen molar-refractivity contribution in [2.24, 2.45) is 4.99 Å².